The number of rotatable bonds is 4. The molecule has 1 aromatic rings. The highest BCUT2D eigenvalue weighted by Crippen LogP contribution is 2.27. The molecular formula is C14H21N3O3. The fourth-order valence-electron chi connectivity index (χ4n) is 2.82. The van der Waals surface area contributed by atoms with Crippen molar-refractivity contribution in [1.29, 1.82) is 0 Å². The van der Waals surface area contributed by atoms with Crippen molar-refractivity contribution >= 4 is 5.69 Å². The Bertz CT molecular complexity index is 517. The maximum atomic E-state index is 11.1. The van der Waals surface area contributed by atoms with Crippen LogP contribution in [0.25, 0.3) is 0 Å². The van der Waals surface area contributed by atoms with Crippen molar-refractivity contribution in [2.45, 2.75) is 39.8 Å². The molecule has 2 heterocycles. The molecule has 2 rings (SSSR count). The summed E-state index contributed by atoms with van der Waals surface area (Å²) >= 11 is 0. The van der Waals surface area contributed by atoms with Gasteiger partial charge >= 0.3 is 0 Å². The van der Waals surface area contributed by atoms with Crippen molar-refractivity contribution in [1.82, 2.24) is 9.88 Å². The normalized spacial score (nSPS) is 21.1. The molecule has 110 valence electrons. The number of hydrogen-bond donors (Lipinski definition) is 1. The molecule has 0 saturated carbocycles. The Morgan fingerprint density at radius 1 is 1.60 bits per heavy atom. The van der Waals surface area contributed by atoms with Gasteiger partial charge in [-0.15, -0.1) is 0 Å². The highest BCUT2D eigenvalue weighted by atomic mass is 16.6. The molecule has 1 N–H and O–H groups in total. The molecule has 20 heavy (non-hydrogen) atoms. The zero-order valence-electron chi connectivity index (χ0n) is 12.2. The molecule has 2 atom stereocenters. The van der Waals surface area contributed by atoms with Gasteiger partial charge in [-0.2, -0.15) is 0 Å². The van der Waals surface area contributed by atoms with Crippen LogP contribution in [0.1, 0.15) is 30.2 Å². The van der Waals surface area contributed by atoms with E-state index in [1.165, 1.54) is 0 Å². The average Bonchev–Trinajstić information content (AvgIpc) is 2.81. The minimum atomic E-state index is -0.335. The van der Waals surface area contributed by atoms with Gasteiger partial charge in [0.15, 0.2) is 0 Å². The molecule has 0 radical (unpaired) electrons. The van der Waals surface area contributed by atoms with Crippen LogP contribution in [0, 0.1) is 29.9 Å². The highest BCUT2D eigenvalue weighted by Gasteiger charge is 2.27. The molecule has 0 aromatic carbocycles. The van der Waals surface area contributed by atoms with Crippen LogP contribution in [0.4, 0.5) is 5.69 Å². The number of aromatic nitrogens is 1. The van der Waals surface area contributed by atoms with Gasteiger partial charge in [0.1, 0.15) is 0 Å². The Balaban J connectivity index is 2.15. The Kier molecular flexibility index (Phi) is 4.35. The molecule has 2 unspecified atom stereocenters. The first-order valence-corrected chi connectivity index (χ1v) is 6.90. The number of nitro groups is 1. The second kappa shape index (κ2) is 5.85. The Morgan fingerprint density at radius 2 is 2.30 bits per heavy atom. The molecular weight excluding hydrogens is 258 g/mol. The fraction of sp³-hybridized carbons (Fsp3) is 0.643. The van der Waals surface area contributed by atoms with Crippen LogP contribution < -0.4 is 0 Å². The van der Waals surface area contributed by atoms with Crippen LogP contribution in [0.2, 0.25) is 0 Å². The number of nitrogens with zero attached hydrogens (tertiary/aromatic N) is 3. The SMILES string of the molecule is Cc1cnc(CN2CCC(C(C)O)C2)c(C)c1[N+](=O)[O-]. The summed E-state index contributed by atoms with van der Waals surface area (Å²) in [5, 5.41) is 20.7. The number of hydrogen-bond acceptors (Lipinski definition) is 5. The van der Waals surface area contributed by atoms with E-state index in [4.69, 9.17) is 0 Å². The van der Waals surface area contributed by atoms with Crippen LogP contribution in [0.5, 0.6) is 0 Å². The van der Waals surface area contributed by atoms with E-state index in [1.807, 2.05) is 6.92 Å². The van der Waals surface area contributed by atoms with Crippen molar-refractivity contribution in [3.8, 4) is 0 Å². The van der Waals surface area contributed by atoms with Gasteiger partial charge in [-0.1, -0.05) is 0 Å². The molecule has 1 aromatic heterocycles. The summed E-state index contributed by atoms with van der Waals surface area (Å²) < 4.78 is 0. The van der Waals surface area contributed by atoms with Gasteiger partial charge < -0.3 is 5.11 Å². The Hall–Kier alpha value is -1.53. The summed E-state index contributed by atoms with van der Waals surface area (Å²) in [6.45, 7) is 7.61. The third-order valence-corrected chi connectivity index (χ3v) is 4.12. The molecule has 6 nitrogen and oxygen atoms in total. The topological polar surface area (TPSA) is 79.5 Å². The van der Waals surface area contributed by atoms with Crippen molar-refractivity contribution in [2.24, 2.45) is 5.92 Å². The van der Waals surface area contributed by atoms with Gasteiger partial charge in [0.2, 0.25) is 0 Å². The second-order valence-electron chi connectivity index (χ2n) is 5.64. The fourth-order valence-corrected chi connectivity index (χ4v) is 2.82. The molecule has 0 amide bonds. The molecule has 1 aliphatic rings. The monoisotopic (exact) mass is 279 g/mol. The number of aliphatic hydroxyl groups excluding tert-OH is 1. The molecule has 0 spiro atoms. The highest BCUT2D eigenvalue weighted by molar-refractivity contribution is 5.47. The predicted molar refractivity (Wildman–Crippen MR) is 75.4 cm³/mol. The molecule has 1 saturated heterocycles. The lowest BCUT2D eigenvalue weighted by molar-refractivity contribution is -0.386. The largest absolute Gasteiger partial charge is 0.393 e. The third kappa shape index (κ3) is 2.96. The van der Waals surface area contributed by atoms with E-state index in [-0.39, 0.29) is 22.6 Å². The zero-order valence-corrected chi connectivity index (χ0v) is 12.2. The summed E-state index contributed by atoms with van der Waals surface area (Å²) in [5.74, 6) is 0.288. The molecule has 1 fully saturated rings. The quantitative estimate of drug-likeness (QED) is 0.671. The number of likely N-dealkylation sites (tertiary alicyclic amines) is 1. The lowest BCUT2D eigenvalue weighted by Gasteiger charge is -2.18. The Morgan fingerprint density at radius 3 is 2.85 bits per heavy atom. The van der Waals surface area contributed by atoms with E-state index in [0.717, 1.165) is 25.2 Å². The average molecular weight is 279 g/mol. The zero-order chi connectivity index (χ0) is 14.9. The number of pyridine rings is 1. The van der Waals surface area contributed by atoms with Gasteiger partial charge in [-0.3, -0.25) is 20.0 Å². The molecule has 6 heteroatoms. The minimum absolute atomic E-state index is 0.168. The lowest BCUT2D eigenvalue weighted by Crippen LogP contribution is -2.24. The van der Waals surface area contributed by atoms with Crippen LogP contribution in [-0.2, 0) is 6.54 Å². The summed E-state index contributed by atoms with van der Waals surface area (Å²) in [7, 11) is 0. The molecule has 0 aliphatic carbocycles. The van der Waals surface area contributed by atoms with E-state index in [0.29, 0.717) is 17.7 Å². The first-order chi connectivity index (χ1) is 9.40. The predicted octanol–water partition coefficient (Wildman–Crippen LogP) is 1.81. The van der Waals surface area contributed by atoms with Gasteiger partial charge in [-0.25, -0.2) is 0 Å². The molecule has 1 aliphatic heterocycles. The number of aliphatic hydroxyl groups is 1. The lowest BCUT2D eigenvalue weighted by atomic mass is 10.0. The number of aryl methyl sites for hydroxylation is 1. The van der Waals surface area contributed by atoms with Crippen molar-refractivity contribution in [3.63, 3.8) is 0 Å². The maximum absolute atomic E-state index is 11.1. The summed E-state index contributed by atoms with van der Waals surface area (Å²) in [4.78, 5) is 17.3. The van der Waals surface area contributed by atoms with Crippen LogP contribution in [0.3, 0.4) is 0 Å². The van der Waals surface area contributed by atoms with Gasteiger partial charge in [0, 0.05) is 30.4 Å². The van der Waals surface area contributed by atoms with Crippen molar-refractivity contribution in [3.05, 3.63) is 33.1 Å². The van der Waals surface area contributed by atoms with Gasteiger partial charge in [0.05, 0.1) is 16.7 Å². The van der Waals surface area contributed by atoms with Crippen molar-refractivity contribution < 1.29 is 10.0 Å². The Labute approximate surface area is 118 Å². The van der Waals surface area contributed by atoms with E-state index >= 15 is 0 Å². The minimum Gasteiger partial charge on any atom is -0.393 e. The molecule has 0 bridgehead atoms. The van der Waals surface area contributed by atoms with E-state index in [9.17, 15) is 15.2 Å². The van der Waals surface area contributed by atoms with E-state index in [2.05, 4.69) is 9.88 Å². The third-order valence-electron chi connectivity index (χ3n) is 4.12. The van der Waals surface area contributed by atoms with Gasteiger partial charge in [0.25, 0.3) is 5.69 Å². The van der Waals surface area contributed by atoms with Crippen molar-refractivity contribution in [2.75, 3.05) is 13.1 Å². The summed E-state index contributed by atoms with van der Waals surface area (Å²) in [6.07, 6.45) is 2.23. The first kappa shape index (κ1) is 14.9. The van der Waals surface area contributed by atoms with E-state index in [1.54, 1.807) is 20.0 Å². The maximum Gasteiger partial charge on any atom is 0.278 e. The van der Waals surface area contributed by atoms with E-state index < -0.39 is 0 Å². The summed E-state index contributed by atoms with van der Waals surface area (Å²) in [5.41, 5.74) is 2.17. The van der Waals surface area contributed by atoms with Crippen LogP contribution >= 0.6 is 0 Å². The first-order valence-electron chi connectivity index (χ1n) is 6.90. The smallest absolute Gasteiger partial charge is 0.278 e. The van der Waals surface area contributed by atoms with Crippen LogP contribution in [0.15, 0.2) is 6.20 Å². The standard InChI is InChI=1S/C14H21N3O3/c1-9-6-15-13(10(2)14(9)17(19)20)8-16-5-4-12(7-16)11(3)18/h6,11-12,18H,4-5,7-8H2,1-3H3. The second-order valence-corrected chi connectivity index (χ2v) is 5.64. The summed E-state index contributed by atoms with van der Waals surface area (Å²) in [6, 6.07) is 0. The van der Waals surface area contributed by atoms with Crippen LogP contribution in [-0.4, -0.2) is 39.1 Å². The van der Waals surface area contributed by atoms with Gasteiger partial charge in [-0.05, 0) is 39.7 Å².